The molecule has 0 radical (unpaired) electrons. The summed E-state index contributed by atoms with van der Waals surface area (Å²) in [4.78, 5) is 14.8. The lowest BCUT2D eigenvalue weighted by atomic mass is 10.5. The van der Waals surface area contributed by atoms with Gasteiger partial charge in [-0.2, -0.15) is 9.97 Å². The molecule has 0 unspecified atom stereocenters. The molecule has 2 aromatic rings. The molecule has 2 heterocycles. The van der Waals surface area contributed by atoms with E-state index < -0.39 is 0 Å². The van der Waals surface area contributed by atoms with Gasteiger partial charge in [-0.25, -0.2) is 4.98 Å². The van der Waals surface area contributed by atoms with Gasteiger partial charge in [-0.3, -0.25) is 4.98 Å². The van der Waals surface area contributed by atoms with E-state index in [1.54, 1.807) is 0 Å². The second-order valence-electron chi connectivity index (χ2n) is 2.33. The molecule has 6 nitrogen and oxygen atoms in total. The summed E-state index contributed by atoms with van der Waals surface area (Å²) in [6, 6.07) is 0.397. The first kappa shape index (κ1) is 7.78. The summed E-state index contributed by atoms with van der Waals surface area (Å²) in [6.07, 6.45) is 1.40. The number of fused-ring (bicyclic) bond motifs is 1. The van der Waals surface area contributed by atoms with Gasteiger partial charge >= 0.3 is 0 Å². The molecule has 1 N–H and O–H groups in total. The summed E-state index contributed by atoms with van der Waals surface area (Å²) < 4.78 is 9.90. The molecule has 0 aliphatic carbocycles. The van der Waals surface area contributed by atoms with Crippen LogP contribution in [0.3, 0.4) is 0 Å². The van der Waals surface area contributed by atoms with Crippen LogP contribution in [0.5, 0.6) is 11.9 Å². The van der Waals surface area contributed by atoms with Gasteiger partial charge in [-0.1, -0.05) is 0 Å². The fraction of sp³-hybridized carbons (Fsp3) is 0.286. The van der Waals surface area contributed by atoms with E-state index in [9.17, 15) is 0 Å². The van der Waals surface area contributed by atoms with Gasteiger partial charge in [-0.15, -0.1) is 0 Å². The normalized spacial score (nSPS) is 10.3. The predicted molar refractivity (Wildman–Crippen MR) is 44.8 cm³/mol. The number of nitrogens with one attached hydrogen (secondary N) is 1. The zero-order valence-electron chi connectivity index (χ0n) is 7.24. The topological polar surface area (TPSA) is 72.9 Å². The molecular formula is C7H8N4O2. The standard InChI is InChI=1S/C7H8N4O2/c1-12-6-4-5(8-3-9-6)11-7(10-4)13-2/h3H,1-2H3,(H,8,9,10,11). The average molecular weight is 180 g/mol. The lowest BCUT2D eigenvalue weighted by molar-refractivity contribution is 0.384. The first-order chi connectivity index (χ1) is 6.35. The predicted octanol–water partition coefficient (Wildman–Crippen LogP) is 0.370. The maximum absolute atomic E-state index is 5.00. The van der Waals surface area contributed by atoms with Crippen LogP contribution in [0.25, 0.3) is 11.2 Å². The van der Waals surface area contributed by atoms with E-state index in [2.05, 4.69) is 19.9 Å². The molecule has 0 saturated carbocycles. The molecular weight excluding hydrogens is 172 g/mol. The molecule has 13 heavy (non-hydrogen) atoms. The Morgan fingerprint density at radius 1 is 1.23 bits per heavy atom. The minimum absolute atomic E-state index is 0.397. The Morgan fingerprint density at radius 3 is 2.77 bits per heavy atom. The molecule has 0 aliphatic heterocycles. The second-order valence-corrected chi connectivity index (χ2v) is 2.33. The second kappa shape index (κ2) is 2.89. The zero-order chi connectivity index (χ0) is 9.26. The van der Waals surface area contributed by atoms with Gasteiger partial charge in [0, 0.05) is 0 Å². The van der Waals surface area contributed by atoms with Crippen molar-refractivity contribution in [2.24, 2.45) is 0 Å². The monoisotopic (exact) mass is 180 g/mol. The molecule has 0 aromatic carbocycles. The van der Waals surface area contributed by atoms with Crippen molar-refractivity contribution >= 4 is 11.2 Å². The molecule has 6 heteroatoms. The van der Waals surface area contributed by atoms with Gasteiger partial charge in [0.25, 0.3) is 6.01 Å². The summed E-state index contributed by atoms with van der Waals surface area (Å²) in [5.41, 5.74) is 1.17. The van der Waals surface area contributed by atoms with E-state index in [1.807, 2.05) is 0 Å². The van der Waals surface area contributed by atoms with E-state index in [1.165, 1.54) is 20.5 Å². The molecule has 0 bridgehead atoms. The highest BCUT2D eigenvalue weighted by Crippen LogP contribution is 2.20. The fourth-order valence-corrected chi connectivity index (χ4v) is 1.03. The number of nitrogens with zero attached hydrogens (tertiary/aromatic N) is 3. The Balaban J connectivity index is 2.67. The number of ether oxygens (including phenoxy) is 2. The van der Waals surface area contributed by atoms with Crippen LogP contribution in [0.15, 0.2) is 6.33 Å². The minimum Gasteiger partial charge on any atom is -0.479 e. The van der Waals surface area contributed by atoms with Crippen molar-refractivity contribution < 1.29 is 9.47 Å². The highest BCUT2D eigenvalue weighted by atomic mass is 16.5. The summed E-state index contributed by atoms with van der Waals surface area (Å²) in [6.45, 7) is 0. The van der Waals surface area contributed by atoms with Crippen LogP contribution in [-0.4, -0.2) is 34.2 Å². The van der Waals surface area contributed by atoms with Crippen molar-refractivity contribution in [1.82, 2.24) is 19.9 Å². The Kier molecular flexibility index (Phi) is 1.73. The number of rotatable bonds is 2. The highest BCUT2D eigenvalue weighted by Gasteiger charge is 2.09. The Morgan fingerprint density at radius 2 is 2.08 bits per heavy atom. The van der Waals surface area contributed by atoms with Crippen LogP contribution in [-0.2, 0) is 0 Å². The SMILES string of the molecule is COc1nc2c(OC)ncnc2[nH]1. The van der Waals surface area contributed by atoms with E-state index in [0.29, 0.717) is 23.1 Å². The van der Waals surface area contributed by atoms with E-state index in [-0.39, 0.29) is 0 Å². The van der Waals surface area contributed by atoms with Gasteiger partial charge in [0.15, 0.2) is 11.2 Å². The molecule has 0 saturated heterocycles. The Hall–Kier alpha value is -1.85. The third-order valence-corrected chi connectivity index (χ3v) is 1.61. The van der Waals surface area contributed by atoms with Crippen LogP contribution in [0, 0.1) is 0 Å². The number of imidazole rings is 1. The maximum Gasteiger partial charge on any atom is 0.295 e. The van der Waals surface area contributed by atoms with Crippen molar-refractivity contribution in [1.29, 1.82) is 0 Å². The van der Waals surface area contributed by atoms with E-state index >= 15 is 0 Å². The van der Waals surface area contributed by atoms with Crippen molar-refractivity contribution in [3.8, 4) is 11.9 Å². The number of aromatic nitrogens is 4. The zero-order valence-corrected chi connectivity index (χ0v) is 7.24. The van der Waals surface area contributed by atoms with E-state index in [0.717, 1.165) is 0 Å². The third kappa shape index (κ3) is 1.16. The summed E-state index contributed by atoms with van der Waals surface area (Å²) in [5.74, 6) is 0.435. The van der Waals surface area contributed by atoms with Gasteiger partial charge in [-0.05, 0) is 0 Å². The van der Waals surface area contributed by atoms with Crippen LogP contribution in [0.2, 0.25) is 0 Å². The minimum atomic E-state index is 0.397. The van der Waals surface area contributed by atoms with Crippen LogP contribution >= 0.6 is 0 Å². The van der Waals surface area contributed by atoms with Crippen LogP contribution in [0.4, 0.5) is 0 Å². The number of hydrogen-bond donors (Lipinski definition) is 1. The average Bonchev–Trinajstić information content (AvgIpc) is 2.59. The number of aromatic amines is 1. The summed E-state index contributed by atoms with van der Waals surface area (Å²) in [7, 11) is 3.06. The van der Waals surface area contributed by atoms with Gasteiger partial charge in [0.05, 0.1) is 14.2 Å². The molecule has 0 aliphatic rings. The molecule has 0 spiro atoms. The Bertz CT molecular complexity index is 425. The maximum atomic E-state index is 5.00. The van der Waals surface area contributed by atoms with Gasteiger partial charge < -0.3 is 9.47 Å². The first-order valence-corrected chi connectivity index (χ1v) is 3.64. The summed E-state index contributed by atoms with van der Waals surface area (Å²) in [5, 5.41) is 0. The smallest absolute Gasteiger partial charge is 0.295 e. The Labute approximate surface area is 73.9 Å². The number of hydrogen-bond acceptors (Lipinski definition) is 5. The van der Waals surface area contributed by atoms with E-state index in [4.69, 9.17) is 9.47 Å². The van der Waals surface area contributed by atoms with Gasteiger partial charge in [0.1, 0.15) is 6.33 Å². The van der Waals surface area contributed by atoms with Crippen molar-refractivity contribution in [2.75, 3.05) is 14.2 Å². The molecule has 68 valence electrons. The fourth-order valence-electron chi connectivity index (χ4n) is 1.03. The largest absolute Gasteiger partial charge is 0.479 e. The molecule has 2 rings (SSSR count). The van der Waals surface area contributed by atoms with Gasteiger partial charge in [0.2, 0.25) is 5.88 Å². The van der Waals surface area contributed by atoms with Crippen molar-refractivity contribution in [3.05, 3.63) is 6.33 Å². The first-order valence-electron chi connectivity index (χ1n) is 3.64. The molecule has 0 amide bonds. The van der Waals surface area contributed by atoms with Crippen molar-refractivity contribution in [2.45, 2.75) is 0 Å². The summed E-state index contributed by atoms with van der Waals surface area (Å²) >= 11 is 0. The highest BCUT2D eigenvalue weighted by molar-refractivity contribution is 5.76. The lowest BCUT2D eigenvalue weighted by Crippen LogP contribution is -1.89. The van der Waals surface area contributed by atoms with Crippen LogP contribution in [0.1, 0.15) is 0 Å². The molecule has 0 fully saturated rings. The third-order valence-electron chi connectivity index (χ3n) is 1.61. The van der Waals surface area contributed by atoms with Crippen LogP contribution < -0.4 is 9.47 Å². The number of H-pyrrole nitrogens is 1. The number of methoxy groups -OCH3 is 2. The van der Waals surface area contributed by atoms with Crippen molar-refractivity contribution in [3.63, 3.8) is 0 Å². The lowest BCUT2D eigenvalue weighted by Gasteiger charge is -1.95. The quantitative estimate of drug-likeness (QED) is 0.722. The molecule has 2 aromatic heterocycles. The molecule has 0 atom stereocenters.